The van der Waals surface area contributed by atoms with Crippen molar-refractivity contribution in [2.75, 3.05) is 12.4 Å². The molecule has 2 aromatic heterocycles. The summed E-state index contributed by atoms with van der Waals surface area (Å²) in [5.74, 6) is 0. The van der Waals surface area contributed by atoms with E-state index >= 15 is 0 Å². The zero-order valence-corrected chi connectivity index (χ0v) is 8.01. The van der Waals surface area contributed by atoms with Gasteiger partial charge in [-0.1, -0.05) is 11.3 Å². The second-order valence-corrected chi connectivity index (χ2v) is 3.55. The van der Waals surface area contributed by atoms with Gasteiger partial charge in [-0.15, -0.1) is 0 Å². The SMILES string of the molecule is CNc1cnc(-c2ccncc2)s1. The number of pyridine rings is 1. The summed E-state index contributed by atoms with van der Waals surface area (Å²) >= 11 is 1.64. The third-order valence-electron chi connectivity index (χ3n) is 1.68. The monoisotopic (exact) mass is 191 g/mol. The number of nitrogens with one attached hydrogen (secondary N) is 1. The van der Waals surface area contributed by atoms with Gasteiger partial charge in [0.05, 0.1) is 6.20 Å². The number of aromatic nitrogens is 2. The Labute approximate surface area is 80.5 Å². The van der Waals surface area contributed by atoms with Crippen LogP contribution in [0.4, 0.5) is 5.00 Å². The van der Waals surface area contributed by atoms with Crippen molar-refractivity contribution in [3.8, 4) is 10.6 Å². The summed E-state index contributed by atoms with van der Waals surface area (Å²) in [6.45, 7) is 0. The van der Waals surface area contributed by atoms with Crippen molar-refractivity contribution in [2.45, 2.75) is 0 Å². The number of hydrogen-bond donors (Lipinski definition) is 1. The molecule has 2 aromatic rings. The lowest BCUT2D eigenvalue weighted by Crippen LogP contribution is -1.80. The van der Waals surface area contributed by atoms with Crippen LogP contribution in [0, 0.1) is 0 Å². The molecule has 0 unspecified atom stereocenters. The van der Waals surface area contributed by atoms with Crippen molar-refractivity contribution in [1.29, 1.82) is 0 Å². The predicted molar refractivity (Wildman–Crippen MR) is 54.9 cm³/mol. The molecule has 0 aromatic carbocycles. The average Bonchev–Trinajstić information content (AvgIpc) is 2.67. The average molecular weight is 191 g/mol. The fourth-order valence-electron chi connectivity index (χ4n) is 1.02. The Balaban J connectivity index is 2.36. The van der Waals surface area contributed by atoms with E-state index in [4.69, 9.17) is 0 Å². The molecule has 4 heteroatoms. The first-order valence-corrected chi connectivity index (χ1v) is 4.76. The molecule has 0 aliphatic rings. The van der Waals surface area contributed by atoms with Gasteiger partial charge in [-0.05, 0) is 12.1 Å². The van der Waals surface area contributed by atoms with Crippen LogP contribution >= 0.6 is 11.3 Å². The minimum Gasteiger partial charge on any atom is -0.379 e. The van der Waals surface area contributed by atoms with E-state index < -0.39 is 0 Å². The summed E-state index contributed by atoms with van der Waals surface area (Å²) in [6.07, 6.45) is 5.38. The lowest BCUT2D eigenvalue weighted by molar-refractivity contribution is 1.32. The highest BCUT2D eigenvalue weighted by Gasteiger charge is 2.01. The third kappa shape index (κ3) is 1.67. The molecule has 0 radical (unpaired) electrons. The van der Waals surface area contributed by atoms with Gasteiger partial charge in [0, 0.05) is 25.0 Å². The van der Waals surface area contributed by atoms with Gasteiger partial charge in [-0.25, -0.2) is 4.98 Å². The summed E-state index contributed by atoms with van der Waals surface area (Å²) in [6, 6.07) is 3.91. The zero-order chi connectivity index (χ0) is 9.10. The third-order valence-corrected chi connectivity index (χ3v) is 2.74. The fraction of sp³-hybridized carbons (Fsp3) is 0.111. The largest absolute Gasteiger partial charge is 0.379 e. The molecule has 0 saturated carbocycles. The first-order valence-electron chi connectivity index (χ1n) is 3.94. The maximum Gasteiger partial charge on any atom is 0.125 e. The summed E-state index contributed by atoms with van der Waals surface area (Å²) in [5.41, 5.74) is 1.11. The van der Waals surface area contributed by atoms with Crippen LogP contribution in [0.1, 0.15) is 0 Å². The summed E-state index contributed by atoms with van der Waals surface area (Å²) in [7, 11) is 1.89. The smallest absolute Gasteiger partial charge is 0.125 e. The molecule has 66 valence electrons. The van der Waals surface area contributed by atoms with E-state index in [1.54, 1.807) is 23.7 Å². The maximum absolute atomic E-state index is 4.29. The Bertz CT molecular complexity index is 383. The summed E-state index contributed by atoms with van der Waals surface area (Å²) in [4.78, 5) is 8.24. The van der Waals surface area contributed by atoms with Gasteiger partial charge in [0.1, 0.15) is 10.0 Å². The molecular weight excluding hydrogens is 182 g/mol. The molecule has 0 aliphatic carbocycles. The molecule has 3 nitrogen and oxygen atoms in total. The Morgan fingerprint density at radius 1 is 1.31 bits per heavy atom. The summed E-state index contributed by atoms with van der Waals surface area (Å²) in [5, 5.41) is 5.15. The molecule has 0 bridgehead atoms. The Morgan fingerprint density at radius 3 is 2.69 bits per heavy atom. The van der Waals surface area contributed by atoms with Crippen molar-refractivity contribution in [2.24, 2.45) is 0 Å². The second-order valence-electron chi connectivity index (χ2n) is 2.52. The maximum atomic E-state index is 4.29. The molecule has 0 amide bonds. The number of nitrogens with zero attached hydrogens (tertiary/aromatic N) is 2. The molecule has 0 saturated heterocycles. The lowest BCUT2D eigenvalue weighted by Gasteiger charge is -1.92. The van der Waals surface area contributed by atoms with Gasteiger partial charge in [0.25, 0.3) is 0 Å². The summed E-state index contributed by atoms with van der Waals surface area (Å²) < 4.78 is 0. The van der Waals surface area contributed by atoms with Gasteiger partial charge >= 0.3 is 0 Å². The molecule has 2 heterocycles. The van der Waals surface area contributed by atoms with Crippen LogP contribution in [0.5, 0.6) is 0 Å². The van der Waals surface area contributed by atoms with Crippen molar-refractivity contribution in [3.63, 3.8) is 0 Å². The Kier molecular flexibility index (Phi) is 2.23. The van der Waals surface area contributed by atoms with Gasteiger partial charge in [-0.2, -0.15) is 0 Å². The molecule has 2 rings (SSSR count). The molecule has 0 spiro atoms. The number of anilines is 1. The fourth-order valence-corrected chi connectivity index (χ4v) is 1.79. The van der Waals surface area contributed by atoms with Crippen LogP contribution in [0.15, 0.2) is 30.7 Å². The van der Waals surface area contributed by atoms with Crippen molar-refractivity contribution >= 4 is 16.3 Å². The minimum atomic E-state index is 1.02. The van der Waals surface area contributed by atoms with Crippen molar-refractivity contribution in [1.82, 2.24) is 9.97 Å². The zero-order valence-electron chi connectivity index (χ0n) is 7.19. The molecule has 1 N–H and O–H groups in total. The van der Waals surface area contributed by atoms with E-state index in [-0.39, 0.29) is 0 Å². The number of hydrogen-bond acceptors (Lipinski definition) is 4. The highest BCUT2D eigenvalue weighted by molar-refractivity contribution is 7.18. The molecule has 0 atom stereocenters. The molecular formula is C9H9N3S. The van der Waals surface area contributed by atoms with Crippen LogP contribution in [-0.2, 0) is 0 Å². The highest BCUT2D eigenvalue weighted by Crippen LogP contribution is 2.27. The van der Waals surface area contributed by atoms with Gasteiger partial charge in [0.15, 0.2) is 0 Å². The highest BCUT2D eigenvalue weighted by atomic mass is 32.1. The first-order chi connectivity index (χ1) is 6.40. The van der Waals surface area contributed by atoms with E-state index in [1.165, 1.54) is 0 Å². The topological polar surface area (TPSA) is 37.8 Å². The van der Waals surface area contributed by atoms with Gasteiger partial charge in [0.2, 0.25) is 0 Å². The molecule has 0 aliphatic heterocycles. The lowest BCUT2D eigenvalue weighted by atomic mass is 10.3. The first kappa shape index (κ1) is 8.19. The predicted octanol–water partition coefficient (Wildman–Crippen LogP) is 2.25. The van der Waals surface area contributed by atoms with E-state index in [0.29, 0.717) is 0 Å². The Morgan fingerprint density at radius 2 is 2.08 bits per heavy atom. The molecule has 13 heavy (non-hydrogen) atoms. The van der Waals surface area contributed by atoms with E-state index in [0.717, 1.165) is 15.6 Å². The van der Waals surface area contributed by atoms with E-state index in [9.17, 15) is 0 Å². The Hall–Kier alpha value is -1.42. The van der Waals surface area contributed by atoms with Gasteiger partial charge in [-0.3, -0.25) is 4.98 Å². The van der Waals surface area contributed by atoms with Crippen LogP contribution in [0.2, 0.25) is 0 Å². The number of rotatable bonds is 2. The quantitative estimate of drug-likeness (QED) is 0.791. The van der Waals surface area contributed by atoms with E-state index in [1.807, 2.05) is 25.4 Å². The molecule has 0 fully saturated rings. The van der Waals surface area contributed by atoms with Crippen molar-refractivity contribution < 1.29 is 0 Å². The van der Waals surface area contributed by atoms with Crippen LogP contribution in [0.25, 0.3) is 10.6 Å². The van der Waals surface area contributed by atoms with Gasteiger partial charge < -0.3 is 5.32 Å². The minimum absolute atomic E-state index is 1.02. The van der Waals surface area contributed by atoms with E-state index in [2.05, 4.69) is 15.3 Å². The van der Waals surface area contributed by atoms with Crippen LogP contribution < -0.4 is 5.32 Å². The standard InChI is InChI=1S/C9H9N3S/c1-10-8-6-12-9(13-8)7-2-4-11-5-3-7/h2-6,10H,1H3. The van der Waals surface area contributed by atoms with Crippen molar-refractivity contribution in [3.05, 3.63) is 30.7 Å². The number of thiazole rings is 1. The normalized spacial score (nSPS) is 9.92. The van der Waals surface area contributed by atoms with Crippen LogP contribution in [-0.4, -0.2) is 17.0 Å². The van der Waals surface area contributed by atoms with Crippen LogP contribution in [0.3, 0.4) is 0 Å². The second kappa shape index (κ2) is 3.53.